The normalized spacial score (nSPS) is 11.2. The molecule has 0 aliphatic heterocycles. The molecule has 11 aromatic rings. The number of fused-ring (bicyclic) bond motifs is 4. The first-order chi connectivity index (χ1) is 29.8. The number of hydrogen-bond donors (Lipinski definition) is 0. The van der Waals surface area contributed by atoms with E-state index in [0.717, 1.165) is 45.0 Å². The zero-order chi connectivity index (χ0) is 39.8. The van der Waals surface area contributed by atoms with Crippen molar-refractivity contribution in [1.82, 2.24) is 4.57 Å². The molecular weight excluding hydrogens is 725 g/mol. The van der Waals surface area contributed by atoms with Crippen molar-refractivity contribution in [2.24, 2.45) is 0 Å². The van der Waals surface area contributed by atoms with E-state index in [9.17, 15) is 0 Å². The van der Waals surface area contributed by atoms with Crippen molar-refractivity contribution in [3.63, 3.8) is 0 Å². The van der Waals surface area contributed by atoms with Crippen molar-refractivity contribution in [1.29, 1.82) is 0 Å². The van der Waals surface area contributed by atoms with Crippen LogP contribution in [0.5, 0.6) is 0 Å². The maximum absolute atomic E-state index is 3.50. The van der Waals surface area contributed by atoms with E-state index in [1.165, 1.54) is 54.8 Å². The number of nitrogens with zero attached hydrogens (tertiary/aromatic N) is 2. The second kappa shape index (κ2) is 15.0. The van der Waals surface area contributed by atoms with E-state index < -0.39 is 0 Å². The molecule has 11 rings (SSSR count). The maximum atomic E-state index is 3.50. The number of aromatic nitrogens is 1. The van der Waals surface area contributed by atoms with E-state index in [-0.39, 0.29) is 0 Å². The Balaban J connectivity index is 1.02. The molecule has 0 aliphatic carbocycles. The molecule has 0 saturated carbocycles. The molecule has 0 radical (unpaired) electrons. The summed E-state index contributed by atoms with van der Waals surface area (Å²) in [6.45, 7) is 0. The third-order valence-corrected chi connectivity index (χ3v) is 11.6. The summed E-state index contributed by atoms with van der Waals surface area (Å²) in [5.74, 6) is 0. The Labute approximate surface area is 350 Å². The first kappa shape index (κ1) is 35.1. The minimum Gasteiger partial charge on any atom is -0.310 e. The molecule has 0 fully saturated rings. The van der Waals surface area contributed by atoms with Crippen LogP contribution in [0.1, 0.15) is 0 Å². The van der Waals surface area contributed by atoms with Crippen LogP contribution in [-0.2, 0) is 0 Å². The van der Waals surface area contributed by atoms with Crippen LogP contribution < -0.4 is 4.90 Å². The summed E-state index contributed by atoms with van der Waals surface area (Å²) in [5.41, 5.74) is 15.9. The van der Waals surface area contributed by atoms with Crippen molar-refractivity contribution in [3.05, 3.63) is 243 Å². The summed E-state index contributed by atoms with van der Waals surface area (Å²) >= 11 is 0. The van der Waals surface area contributed by atoms with Crippen LogP contribution in [-0.4, -0.2) is 4.57 Å². The van der Waals surface area contributed by atoms with Gasteiger partial charge in [0.1, 0.15) is 0 Å². The van der Waals surface area contributed by atoms with Crippen LogP contribution in [0.3, 0.4) is 0 Å². The average Bonchev–Trinajstić information content (AvgIpc) is 3.67. The Morgan fingerprint density at radius 2 is 0.983 bits per heavy atom. The number of rotatable bonds is 8. The highest BCUT2D eigenvalue weighted by molar-refractivity contribution is 6.15. The van der Waals surface area contributed by atoms with Crippen LogP contribution in [0.25, 0.3) is 82.8 Å². The molecule has 0 atom stereocenters. The smallest absolute Gasteiger partial charge is 0.0547 e. The Bertz CT molecular complexity index is 3300. The highest BCUT2D eigenvalue weighted by atomic mass is 15.1. The molecule has 60 heavy (non-hydrogen) atoms. The highest BCUT2D eigenvalue weighted by Gasteiger charge is 2.19. The van der Waals surface area contributed by atoms with Crippen LogP contribution in [0.15, 0.2) is 231 Å². The van der Waals surface area contributed by atoms with E-state index in [4.69, 9.17) is 0 Å². The highest BCUT2D eigenvalue weighted by Crippen LogP contribution is 2.43. The summed E-state index contributed by atoms with van der Waals surface area (Å²) in [6.07, 6.45) is 0. The van der Waals surface area contributed by atoms with Gasteiger partial charge in [0.15, 0.2) is 0 Å². The fourth-order valence-corrected chi connectivity index (χ4v) is 8.89. The van der Waals surface area contributed by atoms with Gasteiger partial charge < -0.3 is 9.47 Å². The summed E-state index contributed by atoms with van der Waals surface area (Å²) < 4.78 is 2.36. The fraction of sp³-hybridized carbons (Fsp3) is 0. The lowest BCUT2D eigenvalue weighted by atomic mass is 9.94. The Morgan fingerprint density at radius 1 is 0.383 bits per heavy atom. The van der Waals surface area contributed by atoms with Crippen molar-refractivity contribution < 1.29 is 0 Å². The van der Waals surface area contributed by atoms with Gasteiger partial charge in [0, 0.05) is 44.3 Å². The predicted molar refractivity (Wildman–Crippen MR) is 252 cm³/mol. The molecule has 10 aromatic carbocycles. The van der Waals surface area contributed by atoms with Crippen LogP contribution >= 0.6 is 0 Å². The molecule has 0 aliphatic rings. The summed E-state index contributed by atoms with van der Waals surface area (Å²) in [6, 6.07) is 89.5. The third-order valence-electron chi connectivity index (χ3n) is 11.6. The topological polar surface area (TPSA) is 8.17 Å². The molecule has 0 amide bonds. The van der Waals surface area contributed by atoms with Gasteiger partial charge >= 0.3 is 0 Å². The van der Waals surface area contributed by atoms with E-state index in [2.05, 4.69) is 252 Å². The van der Waals surface area contributed by atoms with Crippen LogP contribution in [0.2, 0.25) is 0 Å². The van der Waals surface area contributed by atoms with Gasteiger partial charge in [0.05, 0.1) is 16.7 Å². The lowest BCUT2D eigenvalue weighted by Crippen LogP contribution is -2.10. The van der Waals surface area contributed by atoms with Gasteiger partial charge in [0.25, 0.3) is 0 Å². The first-order valence-corrected chi connectivity index (χ1v) is 20.4. The molecule has 0 unspecified atom stereocenters. The van der Waals surface area contributed by atoms with Gasteiger partial charge in [-0.3, -0.25) is 0 Å². The second-order valence-electron chi connectivity index (χ2n) is 15.2. The van der Waals surface area contributed by atoms with Crippen LogP contribution in [0.4, 0.5) is 17.1 Å². The third kappa shape index (κ3) is 6.18. The van der Waals surface area contributed by atoms with E-state index in [0.29, 0.717) is 0 Å². The lowest BCUT2D eigenvalue weighted by Gasteiger charge is -2.27. The van der Waals surface area contributed by atoms with Gasteiger partial charge in [-0.1, -0.05) is 176 Å². The van der Waals surface area contributed by atoms with Crippen LogP contribution in [0, 0.1) is 12.1 Å². The Hall–Kier alpha value is -8.12. The standard InChI is InChI=1S/C58H38N2/c1-3-17-41(18-4-1)50-27-9-10-28-51(50)43-35-37-48(38-36-43)59(55-33-15-20-42-19-7-8-29-52(42)55)49-26-14-22-45(40-49)44-21-13-23-46(39-44)53-31-16-34-57-58(53)54-30-11-12-32-56(54)60(57)47-24-5-2-6-25-47/h1-12,14-22,24-40H. The van der Waals surface area contributed by atoms with Gasteiger partial charge in [-0.2, -0.15) is 0 Å². The molecule has 2 heteroatoms. The molecule has 1 heterocycles. The SMILES string of the molecule is c1cc(-c2cccc(N(c3ccc(-c4ccccc4-c4ccccc4)cc3)c3cccc4ccccc34)c2)cc(-c2cccc3c2c2ccccc2n3-c2ccccc2)c#1. The molecule has 280 valence electrons. The van der Waals surface area contributed by atoms with E-state index >= 15 is 0 Å². The fourth-order valence-electron chi connectivity index (χ4n) is 8.89. The minimum absolute atomic E-state index is 1.01. The number of benzene rings is 9. The number of anilines is 3. The Kier molecular flexibility index (Phi) is 8.77. The van der Waals surface area contributed by atoms with Gasteiger partial charge in [-0.25, -0.2) is 0 Å². The first-order valence-electron chi connectivity index (χ1n) is 20.4. The van der Waals surface area contributed by atoms with Crippen molar-refractivity contribution in [3.8, 4) is 50.2 Å². The second-order valence-corrected chi connectivity index (χ2v) is 15.2. The monoisotopic (exact) mass is 762 g/mol. The summed E-state index contributed by atoms with van der Waals surface area (Å²) in [4.78, 5) is 2.39. The average molecular weight is 763 g/mol. The zero-order valence-electron chi connectivity index (χ0n) is 32.8. The van der Waals surface area contributed by atoms with Crippen molar-refractivity contribution in [2.45, 2.75) is 0 Å². The maximum Gasteiger partial charge on any atom is 0.0547 e. The largest absolute Gasteiger partial charge is 0.310 e. The molecule has 0 saturated heterocycles. The molecule has 0 N–H and O–H groups in total. The van der Waals surface area contributed by atoms with Crippen molar-refractivity contribution >= 4 is 49.6 Å². The molecule has 0 spiro atoms. The molecule has 0 bridgehead atoms. The van der Waals surface area contributed by atoms with Gasteiger partial charge in [-0.05, 0) is 105 Å². The van der Waals surface area contributed by atoms with Crippen molar-refractivity contribution in [2.75, 3.05) is 4.90 Å². The number of hydrogen-bond acceptors (Lipinski definition) is 1. The number of para-hydroxylation sites is 2. The van der Waals surface area contributed by atoms with E-state index in [1.807, 2.05) is 0 Å². The summed E-state index contributed by atoms with van der Waals surface area (Å²) in [5, 5.41) is 4.82. The molecule has 2 nitrogen and oxygen atoms in total. The zero-order valence-corrected chi connectivity index (χ0v) is 32.8. The quantitative estimate of drug-likeness (QED) is 0.150. The van der Waals surface area contributed by atoms with E-state index in [1.54, 1.807) is 0 Å². The van der Waals surface area contributed by atoms with Gasteiger partial charge in [0.2, 0.25) is 0 Å². The molecule has 1 aromatic heterocycles. The predicted octanol–water partition coefficient (Wildman–Crippen LogP) is 15.7. The molecular formula is C58H38N2. The minimum atomic E-state index is 1.01. The lowest BCUT2D eigenvalue weighted by molar-refractivity contribution is 1.18. The summed E-state index contributed by atoms with van der Waals surface area (Å²) in [7, 11) is 0. The Morgan fingerprint density at radius 3 is 1.80 bits per heavy atom. The van der Waals surface area contributed by atoms with Gasteiger partial charge in [-0.15, -0.1) is 0 Å².